The fraction of sp³-hybridized carbons (Fsp3) is 0.647. The van der Waals surface area contributed by atoms with Crippen molar-refractivity contribution in [2.45, 2.75) is 64.3 Å². The first-order chi connectivity index (χ1) is 8.62. The minimum Gasteiger partial charge on any atom is -0.314 e. The van der Waals surface area contributed by atoms with Gasteiger partial charge in [-0.3, -0.25) is 0 Å². The number of rotatable bonds is 4. The van der Waals surface area contributed by atoms with Crippen LogP contribution in [0.4, 0.5) is 0 Å². The Kier molecular flexibility index (Phi) is 4.45. The Morgan fingerprint density at radius 1 is 1.17 bits per heavy atom. The van der Waals surface area contributed by atoms with Crippen LogP contribution in [0.3, 0.4) is 0 Å². The fourth-order valence-corrected chi connectivity index (χ4v) is 3.17. The largest absolute Gasteiger partial charge is 0.314 e. The predicted octanol–water partition coefficient (Wildman–Crippen LogP) is 4.19. The van der Waals surface area contributed by atoms with Crippen molar-refractivity contribution in [1.82, 2.24) is 5.32 Å². The van der Waals surface area contributed by atoms with Crippen LogP contribution in [0.25, 0.3) is 0 Å². The molecule has 0 heterocycles. The third-order valence-corrected chi connectivity index (χ3v) is 4.29. The lowest BCUT2D eigenvalue weighted by molar-refractivity contribution is 0.273. The average Bonchev–Trinajstić information content (AvgIpc) is 2.37. The van der Waals surface area contributed by atoms with Gasteiger partial charge >= 0.3 is 0 Å². The third-order valence-electron chi connectivity index (χ3n) is 4.29. The summed E-state index contributed by atoms with van der Waals surface area (Å²) in [6.45, 7) is 7.82. The molecular weight excluding hydrogens is 218 g/mol. The van der Waals surface area contributed by atoms with E-state index in [0.29, 0.717) is 11.5 Å². The zero-order valence-electron chi connectivity index (χ0n) is 12.1. The molecule has 1 aromatic rings. The van der Waals surface area contributed by atoms with Gasteiger partial charge in [0.1, 0.15) is 0 Å². The molecule has 0 aliphatic heterocycles. The van der Waals surface area contributed by atoms with Gasteiger partial charge in [0, 0.05) is 18.0 Å². The highest BCUT2D eigenvalue weighted by Crippen LogP contribution is 2.39. The zero-order valence-corrected chi connectivity index (χ0v) is 12.1. The number of nitrogens with one attached hydrogen (secondary N) is 1. The minimum absolute atomic E-state index is 0.383. The molecule has 1 aliphatic carbocycles. The Balaban J connectivity index is 2.23. The van der Waals surface area contributed by atoms with Crippen molar-refractivity contribution in [3.05, 3.63) is 35.4 Å². The van der Waals surface area contributed by atoms with Gasteiger partial charge in [0.15, 0.2) is 0 Å². The molecule has 1 nitrogen and oxygen atoms in total. The van der Waals surface area contributed by atoms with Crippen molar-refractivity contribution in [2.75, 3.05) is 6.54 Å². The lowest BCUT2D eigenvalue weighted by Crippen LogP contribution is -2.42. The zero-order chi connectivity index (χ0) is 13.0. The van der Waals surface area contributed by atoms with Crippen LogP contribution < -0.4 is 5.32 Å². The fourth-order valence-electron chi connectivity index (χ4n) is 3.17. The van der Waals surface area contributed by atoms with Gasteiger partial charge in [0.05, 0.1) is 0 Å². The molecule has 1 aliphatic rings. The van der Waals surface area contributed by atoms with E-state index in [-0.39, 0.29) is 0 Å². The van der Waals surface area contributed by atoms with Crippen molar-refractivity contribution >= 4 is 0 Å². The molecule has 0 saturated heterocycles. The second kappa shape index (κ2) is 5.88. The first-order valence-corrected chi connectivity index (χ1v) is 7.43. The maximum Gasteiger partial charge on any atom is 0.00779 e. The molecule has 2 rings (SSSR count). The van der Waals surface area contributed by atoms with E-state index in [2.05, 4.69) is 50.4 Å². The highest BCUT2D eigenvalue weighted by molar-refractivity contribution is 5.30. The normalized spacial score (nSPS) is 19.1. The van der Waals surface area contributed by atoms with Crippen LogP contribution in [0.5, 0.6) is 0 Å². The minimum atomic E-state index is 0.383. The highest BCUT2D eigenvalue weighted by atomic mass is 14.9. The first kappa shape index (κ1) is 13.6. The molecule has 0 aromatic heterocycles. The molecule has 1 fully saturated rings. The van der Waals surface area contributed by atoms with Gasteiger partial charge in [-0.05, 0) is 25.3 Å². The van der Waals surface area contributed by atoms with Gasteiger partial charge in [-0.15, -0.1) is 0 Å². The SMILES string of the molecule is Cc1cccc(C2(CNC(C)C)CCCCC2)c1. The van der Waals surface area contributed by atoms with E-state index in [4.69, 9.17) is 0 Å². The van der Waals surface area contributed by atoms with Gasteiger partial charge < -0.3 is 5.32 Å². The van der Waals surface area contributed by atoms with E-state index >= 15 is 0 Å². The van der Waals surface area contributed by atoms with Crippen LogP contribution in [0.1, 0.15) is 57.1 Å². The second-order valence-corrected chi connectivity index (χ2v) is 6.25. The molecule has 1 aromatic carbocycles. The van der Waals surface area contributed by atoms with Gasteiger partial charge in [-0.1, -0.05) is 62.9 Å². The summed E-state index contributed by atoms with van der Waals surface area (Å²) in [5.41, 5.74) is 3.33. The van der Waals surface area contributed by atoms with Crippen molar-refractivity contribution in [1.29, 1.82) is 0 Å². The summed E-state index contributed by atoms with van der Waals surface area (Å²) in [6, 6.07) is 9.73. The van der Waals surface area contributed by atoms with Crippen LogP contribution in [0.2, 0.25) is 0 Å². The van der Waals surface area contributed by atoms with Crippen LogP contribution in [-0.2, 0) is 5.41 Å². The predicted molar refractivity (Wildman–Crippen MR) is 79.1 cm³/mol. The summed E-state index contributed by atoms with van der Waals surface area (Å²) in [5, 5.41) is 3.67. The standard InChI is InChI=1S/C17H27N/c1-14(2)18-13-17(10-5-4-6-11-17)16-9-7-8-15(3)12-16/h7-9,12,14,18H,4-6,10-11,13H2,1-3H3. The van der Waals surface area contributed by atoms with Gasteiger partial charge in [-0.2, -0.15) is 0 Å². The highest BCUT2D eigenvalue weighted by Gasteiger charge is 2.33. The first-order valence-electron chi connectivity index (χ1n) is 7.43. The molecule has 1 N–H and O–H groups in total. The topological polar surface area (TPSA) is 12.0 Å². The molecule has 0 amide bonds. The molecule has 0 atom stereocenters. The Labute approximate surface area is 112 Å². The van der Waals surface area contributed by atoms with E-state index in [1.165, 1.54) is 37.7 Å². The summed E-state index contributed by atoms with van der Waals surface area (Å²) in [4.78, 5) is 0. The maximum atomic E-state index is 3.67. The van der Waals surface area contributed by atoms with Crippen molar-refractivity contribution in [3.8, 4) is 0 Å². The second-order valence-electron chi connectivity index (χ2n) is 6.25. The molecule has 0 radical (unpaired) electrons. The summed E-state index contributed by atoms with van der Waals surface area (Å²) in [7, 11) is 0. The number of aryl methyl sites for hydroxylation is 1. The van der Waals surface area contributed by atoms with Gasteiger partial charge in [0.2, 0.25) is 0 Å². The van der Waals surface area contributed by atoms with Crippen LogP contribution in [0.15, 0.2) is 24.3 Å². The molecule has 0 bridgehead atoms. The summed E-state index contributed by atoms with van der Waals surface area (Å²) < 4.78 is 0. The molecule has 1 saturated carbocycles. The Morgan fingerprint density at radius 3 is 2.50 bits per heavy atom. The molecule has 0 spiro atoms. The Hall–Kier alpha value is -0.820. The molecular formula is C17H27N. The maximum absolute atomic E-state index is 3.67. The smallest absolute Gasteiger partial charge is 0.00779 e. The van der Waals surface area contributed by atoms with Crippen molar-refractivity contribution in [2.24, 2.45) is 0 Å². The lowest BCUT2D eigenvalue weighted by Gasteiger charge is -2.39. The molecule has 100 valence electrons. The van der Waals surface area contributed by atoms with Crippen LogP contribution in [-0.4, -0.2) is 12.6 Å². The average molecular weight is 245 g/mol. The van der Waals surface area contributed by atoms with E-state index in [9.17, 15) is 0 Å². The number of hydrogen-bond acceptors (Lipinski definition) is 1. The summed E-state index contributed by atoms with van der Waals surface area (Å²) >= 11 is 0. The molecule has 1 heteroatoms. The quantitative estimate of drug-likeness (QED) is 0.838. The summed E-state index contributed by atoms with van der Waals surface area (Å²) in [6.07, 6.45) is 6.86. The third kappa shape index (κ3) is 3.14. The summed E-state index contributed by atoms with van der Waals surface area (Å²) in [5.74, 6) is 0. The monoisotopic (exact) mass is 245 g/mol. The van der Waals surface area contributed by atoms with E-state index in [1.807, 2.05) is 0 Å². The lowest BCUT2D eigenvalue weighted by atomic mass is 9.69. The van der Waals surface area contributed by atoms with Gasteiger partial charge in [0.25, 0.3) is 0 Å². The van der Waals surface area contributed by atoms with Crippen LogP contribution >= 0.6 is 0 Å². The van der Waals surface area contributed by atoms with E-state index in [1.54, 1.807) is 5.56 Å². The van der Waals surface area contributed by atoms with Gasteiger partial charge in [-0.25, -0.2) is 0 Å². The Morgan fingerprint density at radius 2 is 1.89 bits per heavy atom. The van der Waals surface area contributed by atoms with E-state index in [0.717, 1.165) is 6.54 Å². The van der Waals surface area contributed by atoms with E-state index < -0.39 is 0 Å². The number of benzene rings is 1. The van der Waals surface area contributed by atoms with Crippen LogP contribution in [0, 0.1) is 6.92 Å². The Bertz CT molecular complexity index is 375. The van der Waals surface area contributed by atoms with Crippen molar-refractivity contribution in [3.63, 3.8) is 0 Å². The molecule has 0 unspecified atom stereocenters. The molecule has 18 heavy (non-hydrogen) atoms. The number of hydrogen-bond donors (Lipinski definition) is 1. The van der Waals surface area contributed by atoms with Crippen molar-refractivity contribution < 1.29 is 0 Å².